The minimum atomic E-state index is 0.0783. The van der Waals surface area contributed by atoms with Gasteiger partial charge in [-0.05, 0) is 47.2 Å². The molecule has 3 heteroatoms. The van der Waals surface area contributed by atoms with E-state index in [1.54, 1.807) is 0 Å². The number of rotatable bonds is 2. The molecule has 3 rings (SSSR count). The highest BCUT2D eigenvalue weighted by Crippen LogP contribution is 2.31. The number of aliphatic hydroxyl groups excluding tert-OH is 2. The van der Waals surface area contributed by atoms with Crippen molar-refractivity contribution in [3.8, 4) is 0 Å². The van der Waals surface area contributed by atoms with Crippen molar-refractivity contribution < 1.29 is 10.2 Å². The molecule has 0 saturated heterocycles. The number of benzene rings is 2. The zero-order valence-corrected chi connectivity index (χ0v) is 10.7. The molecular weight excluding hydrogens is 238 g/mol. The van der Waals surface area contributed by atoms with Crippen molar-refractivity contribution in [3.05, 3.63) is 58.7 Å². The Hall–Kier alpha value is -1.84. The van der Waals surface area contributed by atoms with E-state index in [-0.39, 0.29) is 13.2 Å². The van der Waals surface area contributed by atoms with Crippen molar-refractivity contribution in [2.24, 2.45) is 0 Å². The summed E-state index contributed by atoms with van der Waals surface area (Å²) in [6.07, 6.45) is 1.89. The topological polar surface area (TPSA) is 52.5 Å². The molecule has 0 amide bonds. The zero-order chi connectivity index (χ0) is 13.2. The van der Waals surface area contributed by atoms with E-state index in [1.807, 2.05) is 24.3 Å². The number of hydrogen-bond donors (Lipinski definition) is 3. The number of nitrogens with one attached hydrogen (secondary N) is 1. The molecule has 3 nitrogen and oxygen atoms in total. The van der Waals surface area contributed by atoms with E-state index in [1.165, 1.54) is 11.1 Å². The summed E-state index contributed by atoms with van der Waals surface area (Å²) in [6, 6.07) is 12.0. The van der Waals surface area contributed by atoms with Crippen LogP contribution >= 0.6 is 0 Å². The second-order valence-corrected chi connectivity index (χ2v) is 4.92. The first-order valence-electron chi connectivity index (χ1n) is 6.52. The molecule has 0 fully saturated rings. The molecule has 0 spiro atoms. The average molecular weight is 255 g/mol. The van der Waals surface area contributed by atoms with E-state index < -0.39 is 0 Å². The van der Waals surface area contributed by atoms with E-state index in [9.17, 15) is 10.2 Å². The fraction of sp³-hybridized carbons (Fsp3) is 0.250. The van der Waals surface area contributed by atoms with Crippen LogP contribution in [0.15, 0.2) is 36.4 Å². The molecule has 0 aliphatic carbocycles. The molecule has 3 N–H and O–H groups in total. The van der Waals surface area contributed by atoms with Crippen molar-refractivity contribution in [1.82, 2.24) is 0 Å². The van der Waals surface area contributed by atoms with E-state index in [2.05, 4.69) is 17.4 Å². The zero-order valence-electron chi connectivity index (χ0n) is 10.7. The molecule has 98 valence electrons. The van der Waals surface area contributed by atoms with Gasteiger partial charge in [0.15, 0.2) is 0 Å². The summed E-state index contributed by atoms with van der Waals surface area (Å²) in [7, 11) is 0. The Balaban J connectivity index is 1.99. The van der Waals surface area contributed by atoms with Gasteiger partial charge in [0.1, 0.15) is 0 Å². The van der Waals surface area contributed by atoms with Crippen LogP contribution < -0.4 is 5.32 Å². The lowest BCUT2D eigenvalue weighted by Gasteiger charge is -2.11. The van der Waals surface area contributed by atoms with E-state index in [0.717, 1.165) is 35.3 Å². The third-order valence-electron chi connectivity index (χ3n) is 3.64. The molecule has 0 unspecified atom stereocenters. The summed E-state index contributed by atoms with van der Waals surface area (Å²) in [4.78, 5) is 0. The fourth-order valence-electron chi connectivity index (χ4n) is 2.56. The Labute approximate surface area is 112 Å². The molecule has 1 heterocycles. The Morgan fingerprint density at radius 1 is 0.789 bits per heavy atom. The SMILES string of the molecule is OCc1ccc2c(c1)CCc1cc(CO)ccc1N2. The molecule has 0 saturated carbocycles. The van der Waals surface area contributed by atoms with Gasteiger partial charge in [-0.15, -0.1) is 0 Å². The average Bonchev–Trinajstić information content (AvgIpc) is 2.64. The van der Waals surface area contributed by atoms with Gasteiger partial charge in [-0.1, -0.05) is 24.3 Å². The van der Waals surface area contributed by atoms with Gasteiger partial charge >= 0.3 is 0 Å². The van der Waals surface area contributed by atoms with Gasteiger partial charge in [0, 0.05) is 11.4 Å². The third-order valence-corrected chi connectivity index (χ3v) is 3.64. The second kappa shape index (κ2) is 5.03. The Morgan fingerprint density at radius 3 is 1.68 bits per heavy atom. The molecular formula is C16H17NO2. The first-order chi connectivity index (χ1) is 9.30. The first kappa shape index (κ1) is 12.2. The van der Waals surface area contributed by atoms with Gasteiger partial charge in [0.2, 0.25) is 0 Å². The van der Waals surface area contributed by atoms with Gasteiger partial charge < -0.3 is 15.5 Å². The molecule has 0 aromatic heterocycles. The summed E-state index contributed by atoms with van der Waals surface area (Å²) in [5.74, 6) is 0. The summed E-state index contributed by atoms with van der Waals surface area (Å²) >= 11 is 0. The molecule has 0 atom stereocenters. The highest BCUT2D eigenvalue weighted by Gasteiger charge is 2.13. The largest absolute Gasteiger partial charge is 0.392 e. The maximum Gasteiger partial charge on any atom is 0.0681 e. The van der Waals surface area contributed by atoms with Crippen LogP contribution in [-0.2, 0) is 26.1 Å². The standard InChI is InChI=1S/C16H17NO2/c18-9-11-1-5-15-13(7-11)3-4-14-8-12(10-19)2-6-16(14)17-15/h1-2,5-8,17-19H,3-4,9-10H2. The molecule has 0 radical (unpaired) electrons. The molecule has 2 aromatic carbocycles. The van der Waals surface area contributed by atoms with Crippen LogP contribution in [0.3, 0.4) is 0 Å². The van der Waals surface area contributed by atoms with Crippen LogP contribution in [0, 0.1) is 0 Å². The number of fused-ring (bicyclic) bond motifs is 2. The van der Waals surface area contributed by atoms with Crippen LogP contribution in [0.4, 0.5) is 11.4 Å². The van der Waals surface area contributed by atoms with Crippen LogP contribution in [0.25, 0.3) is 0 Å². The lowest BCUT2D eigenvalue weighted by atomic mass is 10.0. The molecule has 1 aliphatic rings. The number of aryl methyl sites for hydroxylation is 2. The maximum absolute atomic E-state index is 9.20. The summed E-state index contributed by atoms with van der Waals surface area (Å²) in [6.45, 7) is 0.157. The normalized spacial score (nSPS) is 13.2. The van der Waals surface area contributed by atoms with Crippen molar-refractivity contribution in [2.45, 2.75) is 26.1 Å². The van der Waals surface area contributed by atoms with Gasteiger partial charge in [0.25, 0.3) is 0 Å². The summed E-state index contributed by atoms with van der Waals surface area (Å²) in [5, 5.41) is 21.8. The molecule has 1 aliphatic heterocycles. The van der Waals surface area contributed by atoms with E-state index in [0.29, 0.717) is 0 Å². The number of hydrogen-bond acceptors (Lipinski definition) is 3. The van der Waals surface area contributed by atoms with Gasteiger partial charge in [-0.25, -0.2) is 0 Å². The maximum atomic E-state index is 9.20. The minimum absolute atomic E-state index is 0.0783. The summed E-state index contributed by atoms with van der Waals surface area (Å²) < 4.78 is 0. The highest BCUT2D eigenvalue weighted by atomic mass is 16.3. The Kier molecular flexibility index (Phi) is 3.23. The number of aliphatic hydroxyl groups is 2. The van der Waals surface area contributed by atoms with E-state index >= 15 is 0 Å². The van der Waals surface area contributed by atoms with Crippen molar-refractivity contribution in [1.29, 1.82) is 0 Å². The first-order valence-corrected chi connectivity index (χ1v) is 6.52. The van der Waals surface area contributed by atoms with Crippen molar-refractivity contribution in [2.75, 3.05) is 5.32 Å². The van der Waals surface area contributed by atoms with E-state index in [4.69, 9.17) is 0 Å². The Morgan fingerprint density at radius 2 is 1.26 bits per heavy atom. The third kappa shape index (κ3) is 2.35. The van der Waals surface area contributed by atoms with Crippen molar-refractivity contribution in [3.63, 3.8) is 0 Å². The predicted molar refractivity (Wildman–Crippen MR) is 75.4 cm³/mol. The Bertz CT molecular complexity index is 554. The lowest BCUT2D eigenvalue weighted by Crippen LogP contribution is -1.95. The number of anilines is 2. The van der Waals surface area contributed by atoms with Crippen LogP contribution in [0.1, 0.15) is 22.3 Å². The smallest absolute Gasteiger partial charge is 0.0681 e. The van der Waals surface area contributed by atoms with Crippen molar-refractivity contribution >= 4 is 11.4 Å². The second-order valence-electron chi connectivity index (χ2n) is 4.92. The predicted octanol–water partition coefficient (Wildman–Crippen LogP) is 2.51. The lowest BCUT2D eigenvalue weighted by molar-refractivity contribution is 0.281. The van der Waals surface area contributed by atoms with Gasteiger partial charge in [-0.2, -0.15) is 0 Å². The van der Waals surface area contributed by atoms with Crippen LogP contribution in [0.5, 0.6) is 0 Å². The van der Waals surface area contributed by atoms with Crippen LogP contribution in [-0.4, -0.2) is 10.2 Å². The van der Waals surface area contributed by atoms with Gasteiger partial charge in [0.05, 0.1) is 13.2 Å². The molecule has 0 bridgehead atoms. The highest BCUT2D eigenvalue weighted by molar-refractivity contribution is 5.69. The molecule has 19 heavy (non-hydrogen) atoms. The minimum Gasteiger partial charge on any atom is -0.392 e. The quantitative estimate of drug-likeness (QED) is 0.773. The summed E-state index contributed by atoms with van der Waals surface area (Å²) in [5.41, 5.74) is 6.56. The monoisotopic (exact) mass is 255 g/mol. The van der Waals surface area contributed by atoms with Gasteiger partial charge in [-0.3, -0.25) is 0 Å². The van der Waals surface area contributed by atoms with Crippen LogP contribution in [0.2, 0.25) is 0 Å². The fourth-order valence-corrected chi connectivity index (χ4v) is 2.56. The molecule has 2 aromatic rings.